The maximum atomic E-state index is 5.99. The predicted molar refractivity (Wildman–Crippen MR) is 99.9 cm³/mol. The second-order valence-corrected chi connectivity index (χ2v) is 6.50. The maximum absolute atomic E-state index is 5.99. The zero-order chi connectivity index (χ0) is 15.9. The molecular formula is C18H16BrN4+. The van der Waals surface area contributed by atoms with Crippen molar-refractivity contribution in [2.45, 2.75) is 0 Å². The van der Waals surface area contributed by atoms with Crippen molar-refractivity contribution in [2.75, 3.05) is 13.1 Å². The summed E-state index contributed by atoms with van der Waals surface area (Å²) in [6.07, 6.45) is 3.81. The first kappa shape index (κ1) is 14.5. The van der Waals surface area contributed by atoms with E-state index in [1.807, 2.05) is 42.7 Å². The van der Waals surface area contributed by atoms with Gasteiger partial charge in [-0.25, -0.2) is 9.48 Å². The van der Waals surface area contributed by atoms with E-state index in [4.69, 9.17) is 5.73 Å². The molecule has 0 aromatic heterocycles. The molecule has 2 aliphatic rings. The summed E-state index contributed by atoms with van der Waals surface area (Å²) in [6.45, 7) is 1.31. The Morgan fingerprint density at radius 1 is 1.09 bits per heavy atom. The topological polar surface area (TPSA) is 50.7 Å². The molecule has 0 bridgehead atoms. The quantitative estimate of drug-likeness (QED) is 0.823. The molecular weight excluding hydrogens is 352 g/mol. The molecule has 0 amide bonds. The molecule has 0 aliphatic carbocycles. The average Bonchev–Trinajstić information content (AvgIpc) is 2.95. The van der Waals surface area contributed by atoms with Crippen LogP contribution in [0.4, 0.5) is 11.4 Å². The van der Waals surface area contributed by atoms with Crippen molar-refractivity contribution in [2.24, 2.45) is 15.7 Å². The monoisotopic (exact) mass is 367 g/mol. The van der Waals surface area contributed by atoms with Gasteiger partial charge >= 0.3 is 0 Å². The van der Waals surface area contributed by atoms with E-state index in [1.54, 1.807) is 0 Å². The first-order valence-corrected chi connectivity index (χ1v) is 8.32. The fourth-order valence-corrected chi connectivity index (χ4v) is 3.75. The number of fused-ring (bicyclic) bond motifs is 3. The Labute approximate surface area is 143 Å². The Morgan fingerprint density at radius 2 is 1.96 bits per heavy atom. The minimum atomic E-state index is 0.534. The molecule has 4 rings (SSSR count). The molecule has 5 heteroatoms. The SMILES string of the molecule is NCC[N+]12C(c3cccc(Br)c3)=CN=C1C=Nc1ccccc12. The normalized spacial score (nSPS) is 21.5. The Bertz CT molecular complexity index is 869. The number of hydrogen-bond acceptors (Lipinski definition) is 3. The lowest BCUT2D eigenvalue weighted by atomic mass is 10.0. The lowest BCUT2D eigenvalue weighted by molar-refractivity contribution is 0.580. The van der Waals surface area contributed by atoms with Crippen LogP contribution in [0.5, 0.6) is 0 Å². The lowest BCUT2D eigenvalue weighted by Gasteiger charge is -2.37. The Kier molecular flexibility index (Phi) is 3.49. The van der Waals surface area contributed by atoms with Crippen LogP contribution in [-0.4, -0.2) is 25.1 Å². The summed E-state index contributed by atoms with van der Waals surface area (Å²) >= 11 is 3.56. The van der Waals surface area contributed by atoms with Crippen LogP contribution >= 0.6 is 15.9 Å². The number of amidine groups is 1. The number of halogens is 1. The van der Waals surface area contributed by atoms with Crippen LogP contribution in [0.2, 0.25) is 0 Å². The van der Waals surface area contributed by atoms with Crippen LogP contribution in [0, 0.1) is 0 Å². The number of aliphatic imine (C=N–C) groups is 2. The Hall–Kier alpha value is -2.08. The second kappa shape index (κ2) is 5.53. The van der Waals surface area contributed by atoms with E-state index >= 15 is 0 Å². The molecule has 2 aromatic rings. The minimum Gasteiger partial charge on any atom is -0.326 e. The zero-order valence-corrected chi connectivity index (χ0v) is 14.1. The van der Waals surface area contributed by atoms with E-state index in [2.05, 4.69) is 44.1 Å². The number of rotatable bonds is 3. The molecule has 2 N–H and O–H groups in total. The molecule has 2 aliphatic heterocycles. The van der Waals surface area contributed by atoms with Crippen molar-refractivity contribution in [1.82, 2.24) is 4.48 Å². The molecule has 23 heavy (non-hydrogen) atoms. The number of hydrogen-bond donors (Lipinski definition) is 1. The van der Waals surface area contributed by atoms with Gasteiger partial charge in [-0.15, -0.1) is 0 Å². The highest BCUT2D eigenvalue weighted by Crippen LogP contribution is 2.45. The highest BCUT2D eigenvalue weighted by Gasteiger charge is 2.47. The highest BCUT2D eigenvalue weighted by atomic mass is 79.9. The number of nitrogens with zero attached hydrogens (tertiary/aromatic N) is 3. The van der Waals surface area contributed by atoms with Crippen molar-refractivity contribution in [3.63, 3.8) is 0 Å². The molecule has 0 saturated heterocycles. The van der Waals surface area contributed by atoms with Crippen LogP contribution in [-0.2, 0) is 0 Å². The van der Waals surface area contributed by atoms with E-state index in [0.717, 1.165) is 39.5 Å². The number of benzene rings is 2. The van der Waals surface area contributed by atoms with Crippen LogP contribution in [0.15, 0.2) is 69.2 Å². The number of nitrogens with two attached hydrogens (primary N) is 1. The first-order chi connectivity index (χ1) is 11.3. The van der Waals surface area contributed by atoms with E-state index in [-0.39, 0.29) is 0 Å². The fourth-order valence-electron chi connectivity index (χ4n) is 3.35. The van der Waals surface area contributed by atoms with Gasteiger partial charge < -0.3 is 5.73 Å². The fraction of sp³-hybridized carbons (Fsp3) is 0.111. The van der Waals surface area contributed by atoms with E-state index in [9.17, 15) is 0 Å². The highest BCUT2D eigenvalue weighted by molar-refractivity contribution is 9.10. The molecule has 0 spiro atoms. The van der Waals surface area contributed by atoms with Crippen LogP contribution in [0.3, 0.4) is 0 Å². The standard InChI is InChI=1S/C18H16BrN4/c19-14-5-3-4-13(10-14)17-11-22-18-12-21-15-6-1-2-7-16(15)23(17,18)9-8-20/h1-7,10-12H,8-9,20H2/q+1. The van der Waals surface area contributed by atoms with Crippen LogP contribution in [0.25, 0.3) is 5.70 Å². The number of quaternary nitrogens is 1. The van der Waals surface area contributed by atoms with Crippen LogP contribution in [0.1, 0.15) is 5.56 Å². The summed E-state index contributed by atoms with van der Waals surface area (Å²) in [6, 6.07) is 16.5. The predicted octanol–water partition coefficient (Wildman–Crippen LogP) is 3.84. The van der Waals surface area contributed by atoms with Crippen molar-refractivity contribution < 1.29 is 0 Å². The Morgan fingerprint density at radius 3 is 2.78 bits per heavy atom. The third-order valence-electron chi connectivity index (χ3n) is 4.32. The van der Waals surface area contributed by atoms with E-state index in [0.29, 0.717) is 11.0 Å². The first-order valence-electron chi connectivity index (χ1n) is 7.52. The molecule has 0 fully saturated rings. The molecule has 4 nitrogen and oxygen atoms in total. The molecule has 2 aromatic carbocycles. The molecule has 1 unspecified atom stereocenters. The van der Waals surface area contributed by atoms with Gasteiger partial charge in [0.15, 0.2) is 11.4 Å². The average molecular weight is 368 g/mol. The zero-order valence-electron chi connectivity index (χ0n) is 12.5. The summed E-state index contributed by atoms with van der Waals surface area (Å²) < 4.78 is 1.58. The summed E-state index contributed by atoms with van der Waals surface area (Å²) in [4.78, 5) is 9.20. The summed E-state index contributed by atoms with van der Waals surface area (Å²) in [5.74, 6) is 0.920. The maximum Gasteiger partial charge on any atom is 0.256 e. The molecule has 0 radical (unpaired) electrons. The lowest BCUT2D eigenvalue weighted by Crippen LogP contribution is -2.54. The van der Waals surface area contributed by atoms with Gasteiger partial charge in [0.1, 0.15) is 18.4 Å². The molecule has 2 heterocycles. The summed E-state index contributed by atoms with van der Waals surface area (Å²) in [5.41, 5.74) is 10.4. The third-order valence-corrected chi connectivity index (χ3v) is 4.81. The van der Waals surface area contributed by atoms with Gasteiger partial charge in [0.05, 0.1) is 6.20 Å². The molecule has 1 atom stereocenters. The van der Waals surface area contributed by atoms with Crippen molar-refractivity contribution in [1.29, 1.82) is 0 Å². The van der Waals surface area contributed by atoms with E-state index < -0.39 is 0 Å². The van der Waals surface area contributed by atoms with Crippen molar-refractivity contribution in [3.05, 3.63) is 64.8 Å². The summed E-state index contributed by atoms with van der Waals surface area (Å²) in [7, 11) is 0. The van der Waals surface area contributed by atoms with Gasteiger partial charge in [-0.2, -0.15) is 4.99 Å². The van der Waals surface area contributed by atoms with Crippen LogP contribution < -0.4 is 10.2 Å². The van der Waals surface area contributed by atoms with Gasteiger partial charge in [-0.05, 0) is 24.3 Å². The smallest absolute Gasteiger partial charge is 0.256 e. The second-order valence-electron chi connectivity index (χ2n) is 5.58. The Balaban J connectivity index is 1.95. The van der Waals surface area contributed by atoms with E-state index in [1.165, 1.54) is 0 Å². The third kappa shape index (κ3) is 2.12. The largest absolute Gasteiger partial charge is 0.326 e. The van der Waals surface area contributed by atoms with Crippen molar-refractivity contribution >= 4 is 45.1 Å². The van der Waals surface area contributed by atoms with Crippen molar-refractivity contribution in [3.8, 4) is 0 Å². The van der Waals surface area contributed by atoms with Gasteiger partial charge in [0.2, 0.25) is 0 Å². The summed E-state index contributed by atoms with van der Waals surface area (Å²) in [5, 5.41) is 0. The van der Waals surface area contributed by atoms with Gasteiger partial charge in [0, 0.05) is 22.6 Å². The van der Waals surface area contributed by atoms with Gasteiger partial charge in [-0.3, -0.25) is 0 Å². The van der Waals surface area contributed by atoms with Gasteiger partial charge in [0.25, 0.3) is 5.84 Å². The number of para-hydroxylation sites is 2. The molecule has 114 valence electrons. The molecule has 0 saturated carbocycles. The van der Waals surface area contributed by atoms with Gasteiger partial charge in [-0.1, -0.05) is 34.1 Å². The minimum absolute atomic E-state index is 0.534.